The van der Waals surface area contributed by atoms with Gasteiger partial charge in [-0.1, -0.05) is 0 Å². The number of rotatable bonds is 6. The van der Waals surface area contributed by atoms with E-state index < -0.39 is 21.0 Å². The van der Waals surface area contributed by atoms with Gasteiger partial charge in [0.2, 0.25) is 0 Å². The van der Waals surface area contributed by atoms with Crippen molar-refractivity contribution in [1.29, 1.82) is 0 Å². The Labute approximate surface area is 143 Å². The maximum absolute atomic E-state index is 12.4. The highest BCUT2D eigenvalue weighted by Crippen LogP contribution is 2.29. The number of hydrogen-bond acceptors (Lipinski definition) is 8. The summed E-state index contributed by atoms with van der Waals surface area (Å²) >= 11 is 0. The molecule has 0 radical (unpaired) electrons. The highest BCUT2D eigenvalue weighted by Gasteiger charge is 2.23. The molecule has 0 spiro atoms. The Bertz CT molecular complexity index is 906. The molecule has 0 aromatic heterocycles. The summed E-state index contributed by atoms with van der Waals surface area (Å²) in [6, 6.07) is 8.08. The number of nitro groups is 1. The summed E-state index contributed by atoms with van der Waals surface area (Å²) in [7, 11) is -1.83. The summed E-state index contributed by atoms with van der Waals surface area (Å²) in [5.74, 6) is -0.817. The minimum atomic E-state index is -4.33. The topological polar surface area (TPSA) is 122 Å². The minimum absolute atomic E-state index is 0.117. The van der Waals surface area contributed by atoms with E-state index >= 15 is 0 Å². The van der Waals surface area contributed by atoms with E-state index in [9.17, 15) is 23.3 Å². The number of ether oxygens (including phenoxy) is 2. The average Bonchev–Trinajstić information content (AvgIpc) is 2.60. The standard InChI is InChI=1S/C15H13NO8S/c1-22-11-5-8-13(15(17)23-2)14(9-11)24-25(20,21)12-6-3-10(4-7-12)16(18)19/h3-9H,1-2H3. The first-order valence-electron chi connectivity index (χ1n) is 6.74. The van der Waals surface area contributed by atoms with E-state index in [2.05, 4.69) is 4.74 Å². The predicted molar refractivity (Wildman–Crippen MR) is 85.2 cm³/mol. The Morgan fingerprint density at radius 1 is 1.08 bits per heavy atom. The van der Waals surface area contributed by atoms with Crippen LogP contribution in [0.5, 0.6) is 11.5 Å². The number of nitro benzene ring substituents is 1. The highest BCUT2D eigenvalue weighted by atomic mass is 32.2. The van der Waals surface area contributed by atoms with Crippen molar-refractivity contribution in [2.75, 3.05) is 14.2 Å². The maximum Gasteiger partial charge on any atom is 0.341 e. The zero-order chi connectivity index (χ0) is 18.6. The fourth-order valence-corrected chi connectivity index (χ4v) is 2.82. The molecule has 0 atom stereocenters. The zero-order valence-corrected chi connectivity index (χ0v) is 14.0. The van der Waals surface area contributed by atoms with E-state index in [1.807, 2.05) is 0 Å². The molecule has 0 saturated carbocycles. The van der Waals surface area contributed by atoms with Crippen LogP contribution in [0.1, 0.15) is 10.4 Å². The number of hydrogen-bond donors (Lipinski definition) is 0. The third kappa shape index (κ3) is 4.04. The molecule has 0 amide bonds. The Morgan fingerprint density at radius 3 is 2.24 bits per heavy atom. The van der Waals surface area contributed by atoms with E-state index in [-0.39, 0.29) is 27.6 Å². The van der Waals surface area contributed by atoms with Crippen LogP contribution in [0.4, 0.5) is 5.69 Å². The van der Waals surface area contributed by atoms with Crippen molar-refractivity contribution in [1.82, 2.24) is 0 Å². The number of non-ortho nitro benzene ring substituents is 1. The first-order valence-corrected chi connectivity index (χ1v) is 8.14. The van der Waals surface area contributed by atoms with Crippen LogP contribution in [-0.4, -0.2) is 33.5 Å². The summed E-state index contributed by atoms with van der Waals surface area (Å²) in [4.78, 5) is 21.4. The van der Waals surface area contributed by atoms with Gasteiger partial charge in [0.1, 0.15) is 16.2 Å². The fraction of sp³-hybridized carbons (Fsp3) is 0.133. The van der Waals surface area contributed by atoms with Crippen molar-refractivity contribution < 1.29 is 31.8 Å². The predicted octanol–water partition coefficient (Wildman–Crippen LogP) is 2.16. The molecule has 10 heteroatoms. The van der Waals surface area contributed by atoms with Crippen LogP contribution in [0.2, 0.25) is 0 Å². The normalized spacial score (nSPS) is 10.8. The van der Waals surface area contributed by atoms with Crippen molar-refractivity contribution >= 4 is 21.8 Å². The van der Waals surface area contributed by atoms with Gasteiger partial charge in [0.15, 0.2) is 5.75 Å². The molecule has 0 saturated heterocycles. The second-order valence-corrected chi connectivity index (χ2v) is 6.19. The number of carbonyl (C=O) groups excluding carboxylic acids is 1. The van der Waals surface area contributed by atoms with E-state index in [1.165, 1.54) is 25.3 Å². The van der Waals surface area contributed by atoms with Gasteiger partial charge in [-0.25, -0.2) is 4.79 Å². The molecule has 0 aliphatic rings. The maximum atomic E-state index is 12.4. The Balaban J connectivity index is 2.42. The highest BCUT2D eigenvalue weighted by molar-refractivity contribution is 7.87. The van der Waals surface area contributed by atoms with Crippen LogP contribution < -0.4 is 8.92 Å². The molecule has 0 aliphatic carbocycles. The first kappa shape index (κ1) is 18.2. The lowest BCUT2D eigenvalue weighted by Crippen LogP contribution is -2.13. The number of carbonyl (C=O) groups is 1. The Kier molecular flexibility index (Phi) is 5.22. The molecular formula is C15H13NO8S. The molecule has 25 heavy (non-hydrogen) atoms. The third-order valence-electron chi connectivity index (χ3n) is 3.13. The molecule has 132 valence electrons. The van der Waals surface area contributed by atoms with E-state index in [1.54, 1.807) is 0 Å². The van der Waals surface area contributed by atoms with Gasteiger partial charge in [-0.15, -0.1) is 0 Å². The van der Waals surface area contributed by atoms with E-state index in [0.717, 1.165) is 31.4 Å². The van der Waals surface area contributed by atoms with Crippen LogP contribution in [0.3, 0.4) is 0 Å². The van der Waals surface area contributed by atoms with Gasteiger partial charge in [0, 0.05) is 18.2 Å². The molecule has 0 aliphatic heterocycles. The molecule has 2 aromatic rings. The van der Waals surface area contributed by atoms with Crippen molar-refractivity contribution in [3.63, 3.8) is 0 Å². The lowest BCUT2D eigenvalue weighted by atomic mass is 10.2. The number of benzene rings is 2. The molecule has 9 nitrogen and oxygen atoms in total. The average molecular weight is 367 g/mol. The van der Waals surface area contributed by atoms with Gasteiger partial charge >= 0.3 is 16.1 Å². The molecular weight excluding hydrogens is 354 g/mol. The fourth-order valence-electron chi connectivity index (χ4n) is 1.88. The van der Waals surface area contributed by atoms with Crippen LogP contribution >= 0.6 is 0 Å². The summed E-state index contributed by atoms with van der Waals surface area (Å²) in [5, 5.41) is 10.6. The van der Waals surface area contributed by atoms with Gasteiger partial charge in [0.05, 0.1) is 19.1 Å². The van der Waals surface area contributed by atoms with Gasteiger partial charge < -0.3 is 13.7 Å². The molecule has 0 heterocycles. The van der Waals surface area contributed by atoms with Crippen LogP contribution in [0.15, 0.2) is 47.4 Å². The van der Waals surface area contributed by atoms with E-state index in [4.69, 9.17) is 8.92 Å². The van der Waals surface area contributed by atoms with Crippen molar-refractivity contribution in [2.24, 2.45) is 0 Å². The summed E-state index contributed by atoms with van der Waals surface area (Å²) in [6.45, 7) is 0. The lowest BCUT2D eigenvalue weighted by Gasteiger charge is -2.11. The number of methoxy groups -OCH3 is 2. The van der Waals surface area contributed by atoms with Crippen LogP contribution in [0, 0.1) is 10.1 Å². The number of esters is 1. The van der Waals surface area contributed by atoms with Gasteiger partial charge in [-0.2, -0.15) is 8.42 Å². The van der Waals surface area contributed by atoms with Gasteiger partial charge in [-0.05, 0) is 24.3 Å². The van der Waals surface area contributed by atoms with Crippen LogP contribution in [-0.2, 0) is 14.9 Å². The molecule has 0 bridgehead atoms. The summed E-state index contributed by atoms with van der Waals surface area (Å²) in [5.41, 5.74) is -0.385. The minimum Gasteiger partial charge on any atom is -0.497 e. The summed E-state index contributed by atoms with van der Waals surface area (Å²) < 4.78 is 39.3. The molecule has 2 aromatic carbocycles. The second kappa shape index (κ2) is 7.18. The van der Waals surface area contributed by atoms with E-state index in [0.29, 0.717) is 0 Å². The molecule has 2 rings (SSSR count). The van der Waals surface area contributed by atoms with Crippen molar-refractivity contribution in [3.8, 4) is 11.5 Å². The molecule has 0 fully saturated rings. The van der Waals surface area contributed by atoms with Crippen molar-refractivity contribution in [2.45, 2.75) is 4.90 Å². The Morgan fingerprint density at radius 2 is 1.72 bits per heavy atom. The van der Waals surface area contributed by atoms with Crippen LogP contribution in [0.25, 0.3) is 0 Å². The third-order valence-corrected chi connectivity index (χ3v) is 4.38. The monoisotopic (exact) mass is 367 g/mol. The number of nitrogens with zero attached hydrogens (tertiary/aromatic N) is 1. The summed E-state index contributed by atoms with van der Waals surface area (Å²) in [6.07, 6.45) is 0. The smallest absolute Gasteiger partial charge is 0.341 e. The zero-order valence-electron chi connectivity index (χ0n) is 13.2. The SMILES string of the molecule is COC(=O)c1ccc(OC)cc1OS(=O)(=O)c1ccc([N+](=O)[O-])cc1. The second-order valence-electron chi connectivity index (χ2n) is 4.64. The molecule has 0 N–H and O–H groups in total. The first-order chi connectivity index (χ1) is 11.8. The molecule has 0 unspecified atom stereocenters. The van der Waals surface area contributed by atoms with Gasteiger partial charge in [-0.3, -0.25) is 10.1 Å². The Hall–Kier alpha value is -3.14. The lowest BCUT2D eigenvalue weighted by molar-refractivity contribution is -0.384. The quantitative estimate of drug-likeness (QED) is 0.329. The largest absolute Gasteiger partial charge is 0.497 e. The van der Waals surface area contributed by atoms with Crippen molar-refractivity contribution in [3.05, 3.63) is 58.1 Å². The van der Waals surface area contributed by atoms with Gasteiger partial charge in [0.25, 0.3) is 5.69 Å².